The van der Waals surface area contributed by atoms with Crippen molar-refractivity contribution in [1.82, 2.24) is 14.6 Å². The Balaban J connectivity index is 1.41. The summed E-state index contributed by atoms with van der Waals surface area (Å²) >= 11 is 2.62. The van der Waals surface area contributed by atoms with Gasteiger partial charge in [-0.3, -0.25) is 14.2 Å². The standard InChI is InChI=1S/C21H18N4O4S2/c1-2-24-20(27)19-13(7-10-30-19)22-21(24)31-12-18(26)25-15(17-6-4-9-29-17)11-14(23-25)16-5-3-8-28-16/h3-10,15H,2,11-12H2,1H3/t15-/m1/s1. The number of carbonyl (C=O) groups excluding carboxylic acids is 1. The topological polar surface area (TPSA) is 93.8 Å². The number of hydrogen-bond donors (Lipinski definition) is 0. The molecule has 0 radical (unpaired) electrons. The highest BCUT2D eigenvalue weighted by molar-refractivity contribution is 7.99. The van der Waals surface area contributed by atoms with Gasteiger partial charge in [-0.25, -0.2) is 9.99 Å². The van der Waals surface area contributed by atoms with Crippen LogP contribution in [-0.2, 0) is 11.3 Å². The van der Waals surface area contributed by atoms with Gasteiger partial charge in [-0.05, 0) is 42.6 Å². The van der Waals surface area contributed by atoms with Gasteiger partial charge < -0.3 is 8.83 Å². The number of carbonyl (C=O) groups is 1. The molecule has 0 unspecified atom stereocenters. The van der Waals surface area contributed by atoms with E-state index in [1.807, 2.05) is 30.5 Å². The Kier molecular flexibility index (Phi) is 5.24. The Bertz CT molecular complexity index is 1310. The fourth-order valence-corrected chi connectivity index (χ4v) is 5.23. The largest absolute Gasteiger partial charge is 0.467 e. The molecule has 1 amide bonds. The zero-order chi connectivity index (χ0) is 21.4. The number of nitrogens with zero attached hydrogens (tertiary/aromatic N) is 4. The number of thioether (sulfide) groups is 1. The molecule has 0 saturated heterocycles. The van der Waals surface area contributed by atoms with Gasteiger partial charge in [0.1, 0.15) is 28.0 Å². The molecule has 31 heavy (non-hydrogen) atoms. The molecular weight excluding hydrogens is 436 g/mol. The molecule has 1 atom stereocenters. The molecule has 0 aromatic carbocycles. The molecule has 0 fully saturated rings. The van der Waals surface area contributed by atoms with Crippen LogP contribution in [0.4, 0.5) is 0 Å². The first-order valence-corrected chi connectivity index (χ1v) is 11.6. The van der Waals surface area contributed by atoms with Gasteiger partial charge in [0, 0.05) is 13.0 Å². The predicted molar refractivity (Wildman–Crippen MR) is 118 cm³/mol. The van der Waals surface area contributed by atoms with Crippen LogP contribution in [0.3, 0.4) is 0 Å². The normalized spacial score (nSPS) is 16.2. The Morgan fingerprint density at radius 2 is 2.10 bits per heavy atom. The number of hydrazone groups is 1. The van der Waals surface area contributed by atoms with E-state index in [1.54, 1.807) is 29.2 Å². The third-order valence-electron chi connectivity index (χ3n) is 5.01. The molecule has 8 nitrogen and oxygen atoms in total. The third kappa shape index (κ3) is 3.61. The molecule has 1 aliphatic rings. The van der Waals surface area contributed by atoms with Crippen LogP contribution < -0.4 is 5.56 Å². The van der Waals surface area contributed by atoms with E-state index >= 15 is 0 Å². The number of aromatic nitrogens is 2. The monoisotopic (exact) mass is 454 g/mol. The Labute approximate surface area is 185 Å². The zero-order valence-electron chi connectivity index (χ0n) is 16.6. The zero-order valence-corrected chi connectivity index (χ0v) is 18.2. The van der Waals surface area contributed by atoms with E-state index in [1.165, 1.54) is 28.1 Å². The first kappa shape index (κ1) is 19.8. The van der Waals surface area contributed by atoms with Crippen LogP contribution in [0.2, 0.25) is 0 Å². The van der Waals surface area contributed by atoms with Gasteiger partial charge in [0.15, 0.2) is 5.16 Å². The van der Waals surface area contributed by atoms with E-state index in [9.17, 15) is 9.59 Å². The second kappa shape index (κ2) is 8.20. The maximum absolute atomic E-state index is 13.2. The van der Waals surface area contributed by atoms with Gasteiger partial charge in [0.05, 0.1) is 23.8 Å². The molecule has 0 aliphatic carbocycles. The summed E-state index contributed by atoms with van der Waals surface area (Å²) in [5, 5.41) is 8.35. The average molecular weight is 455 g/mol. The van der Waals surface area contributed by atoms with Crippen LogP contribution in [0.25, 0.3) is 10.2 Å². The highest BCUT2D eigenvalue weighted by Crippen LogP contribution is 2.34. The molecule has 1 aliphatic heterocycles. The van der Waals surface area contributed by atoms with E-state index in [0.717, 1.165) is 0 Å². The van der Waals surface area contributed by atoms with Crippen molar-refractivity contribution < 1.29 is 13.6 Å². The summed E-state index contributed by atoms with van der Waals surface area (Å²) in [6.07, 6.45) is 3.66. The minimum atomic E-state index is -0.344. The molecule has 158 valence electrons. The number of thiophene rings is 1. The summed E-state index contributed by atoms with van der Waals surface area (Å²) in [4.78, 5) is 30.4. The van der Waals surface area contributed by atoms with Crippen molar-refractivity contribution in [2.45, 2.75) is 31.1 Å². The van der Waals surface area contributed by atoms with Crippen LogP contribution in [0.5, 0.6) is 0 Å². The van der Waals surface area contributed by atoms with E-state index in [0.29, 0.717) is 45.6 Å². The lowest BCUT2D eigenvalue weighted by atomic mass is 10.1. The minimum Gasteiger partial charge on any atom is -0.467 e. The molecule has 5 heterocycles. The van der Waals surface area contributed by atoms with Crippen molar-refractivity contribution in [2.75, 3.05) is 5.75 Å². The summed E-state index contributed by atoms with van der Waals surface area (Å²) in [5.41, 5.74) is 1.26. The second-order valence-electron chi connectivity index (χ2n) is 6.87. The lowest BCUT2D eigenvalue weighted by Gasteiger charge is -2.19. The van der Waals surface area contributed by atoms with E-state index in [2.05, 4.69) is 10.1 Å². The fraction of sp³-hybridized carbons (Fsp3) is 0.238. The van der Waals surface area contributed by atoms with Gasteiger partial charge >= 0.3 is 0 Å². The van der Waals surface area contributed by atoms with E-state index in [-0.39, 0.29) is 23.3 Å². The Morgan fingerprint density at radius 1 is 1.26 bits per heavy atom. The molecule has 4 aromatic heterocycles. The number of rotatable bonds is 6. The van der Waals surface area contributed by atoms with Crippen molar-refractivity contribution in [3.8, 4) is 0 Å². The molecule has 10 heteroatoms. The van der Waals surface area contributed by atoms with Crippen molar-refractivity contribution in [1.29, 1.82) is 0 Å². The van der Waals surface area contributed by atoms with Crippen LogP contribution >= 0.6 is 23.1 Å². The quantitative estimate of drug-likeness (QED) is 0.321. The van der Waals surface area contributed by atoms with Crippen molar-refractivity contribution >= 4 is 44.9 Å². The maximum atomic E-state index is 13.2. The molecule has 0 saturated carbocycles. The molecule has 0 bridgehead atoms. The first-order chi connectivity index (χ1) is 15.2. The van der Waals surface area contributed by atoms with Crippen LogP contribution in [0, 0.1) is 0 Å². The van der Waals surface area contributed by atoms with Gasteiger partial charge in [-0.1, -0.05) is 11.8 Å². The van der Waals surface area contributed by atoms with Crippen LogP contribution in [0.15, 0.2) is 72.1 Å². The fourth-order valence-electron chi connectivity index (χ4n) is 3.54. The molecule has 0 spiro atoms. The highest BCUT2D eigenvalue weighted by atomic mass is 32.2. The predicted octanol–water partition coefficient (Wildman–Crippen LogP) is 4.13. The summed E-state index contributed by atoms with van der Waals surface area (Å²) in [5.74, 6) is 1.18. The number of amides is 1. The summed E-state index contributed by atoms with van der Waals surface area (Å²) in [6.45, 7) is 2.37. The molecule has 4 aromatic rings. The molecule has 0 N–H and O–H groups in total. The lowest BCUT2D eigenvalue weighted by molar-refractivity contribution is -0.130. The minimum absolute atomic E-state index is 0.0785. The van der Waals surface area contributed by atoms with E-state index in [4.69, 9.17) is 8.83 Å². The van der Waals surface area contributed by atoms with Gasteiger partial charge in [0.2, 0.25) is 0 Å². The van der Waals surface area contributed by atoms with Crippen molar-refractivity contribution in [3.05, 3.63) is 70.1 Å². The van der Waals surface area contributed by atoms with E-state index < -0.39 is 0 Å². The SMILES string of the molecule is CCn1c(SCC(=O)N2N=C(c3ccco3)C[C@@H]2c2ccco2)nc2ccsc2c1=O. The molecule has 5 rings (SSSR count). The average Bonchev–Trinajstić information content (AvgIpc) is 3.56. The Hall–Kier alpha value is -3.11. The third-order valence-corrected chi connectivity index (χ3v) is 6.87. The van der Waals surface area contributed by atoms with Crippen molar-refractivity contribution in [3.63, 3.8) is 0 Å². The summed E-state index contributed by atoms with van der Waals surface area (Å²) in [6, 6.07) is 8.71. The summed E-state index contributed by atoms with van der Waals surface area (Å²) in [7, 11) is 0. The lowest BCUT2D eigenvalue weighted by Crippen LogP contribution is -2.29. The van der Waals surface area contributed by atoms with Crippen molar-refractivity contribution in [2.24, 2.45) is 5.10 Å². The number of fused-ring (bicyclic) bond motifs is 1. The second-order valence-corrected chi connectivity index (χ2v) is 8.72. The molecular formula is C21H18N4O4S2. The Morgan fingerprint density at radius 3 is 2.84 bits per heavy atom. The smallest absolute Gasteiger partial charge is 0.272 e. The summed E-state index contributed by atoms with van der Waals surface area (Å²) < 4.78 is 13.2. The van der Waals surface area contributed by atoms with Gasteiger partial charge in [-0.2, -0.15) is 5.10 Å². The maximum Gasteiger partial charge on any atom is 0.272 e. The number of hydrogen-bond acceptors (Lipinski definition) is 8. The van der Waals surface area contributed by atoms with Gasteiger partial charge in [0.25, 0.3) is 11.5 Å². The van der Waals surface area contributed by atoms with Crippen LogP contribution in [0.1, 0.15) is 30.9 Å². The highest BCUT2D eigenvalue weighted by Gasteiger charge is 2.35. The number of furan rings is 2. The van der Waals surface area contributed by atoms with Crippen LogP contribution in [-0.4, -0.2) is 31.9 Å². The van der Waals surface area contributed by atoms with Gasteiger partial charge in [-0.15, -0.1) is 11.3 Å². The first-order valence-electron chi connectivity index (χ1n) is 9.73.